The molecule has 0 unspecified atom stereocenters. The molecule has 0 bridgehead atoms. The van der Waals surface area contributed by atoms with Gasteiger partial charge in [-0.15, -0.1) is 0 Å². The highest BCUT2D eigenvalue weighted by Gasteiger charge is 2.27. The molecule has 1 aromatic rings. The minimum Gasteiger partial charge on any atom is -0.444 e. The van der Waals surface area contributed by atoms with Gasteiger partial charge in [0, 0.05) is 12.2 Å². The first-order chi connectivity index (χ1) is 12.7. The van der Waals surface area contributed by atoms with Crippen molar-refractivity contribution in [2.45, 2.75) is 76.6 Å². The van der Waals surface area contributed by atoms with E-state index >= 15 is 0 Å². The van der Waals surface area contributed by atoms with E-state index in [9.17, 15) is 13.2 Å². The van der Waals surface area contributed by atoms with Crippen LogP contribution in [0.1, 0.15) is 64.9 Å². The number of nitrogens with one attached hydrogen (secondary N) is 2. The first-order valence-electron chi connectivity index (χ1n) is 9.73. The number of sulfonamides is 1. The first kappa shape index (κ1) is 21.5. The summed E-state index contributed by atoms with van der Waals surface area (Å²) in [5.74, 6) is 0. The lowest BCUT2D eigenvalue weighted by atomic mass is 10.0. The molecule has 1 aliphatic carbocycles. The second-order valence-electron chi connectivity index (χ2n) is 8.14. The van der Waals surface area contributed by atoms with Gasteiger partial charge in [0.25, 0.3) is 0 Å². The van der Waals surface area contributed by atoms with Crippen molar-refractivity contribution in [1.82, 2.24) is 5.32 Å². The molecule has 27 heavy (non-hydrogen) atoms. The van der Waals surface area contributed by atoms with Crippen molar-refractivity contribution in [1.29, 1.82) is 0 Å². The molecule has 0 aliphatic heterocycles. The van der Waals surface area contributed by atoms with Gasteiger partial charge in [-0.05, 0) is 64.2 Å². The number of alkyl carbamates (subject to hydrolysis) is 1. The van der Waals surface area contributed by atoms with Crippen molar-refractivity contribution in [2.24, 2.45) is 0 Å². The molecule has 7 heteroatoms. The van der Waals surface area contributed by atoms with Gasteiger partial charge in [0.1, 0.15) is 5.60 Å². The Labute approximate surface area is 163 Å². The van der Waals surface area contributed by atoms with Crippen LogP contribution in [0.2, 0.25) is 0 Å². The number of ether oxygens (including phenoxy) is 1. The highest BCUT2D eigenvalue weighted by Crippen LogP contribution is 2.25. The Morgan fingerprint density at radius 2 is 1.89 bits per heavy atom. The van der Waals surface area contributed by atoms with E-state index in [-0.39, 0.29) is 5.25 Å². The Morgan fingerprint density at radius 1 is 1.19 bits per heavy atom. The Bertz CT molecular complexity index is 720. The molecular formula is C20H32N2O4S. The number of benzene rings is 1. The lowest BCUT2D eigenvalue weighted by Crippen LogP contribution is -2.33. The smallest absolute Gasteiger partial charge is 0.407 e. The standard InChI is InChI=1S/C20H32N2O4S/c1-20(2,3)26-19(23)21-14-8-10-16-9-7-11-17(15-16)22-27(24,25)18-12-5-4-6-13-18/h7,9,11,15,18,22H,4-6,8,10,12-14H2,1-3H3,(H,21,23). The van der Waals surface area contributed by atoms with E-state index < -0.39 is 21.7 Å². The predicted molar refractivity (Wildman–Crippen MR) is 108 cm³/mol. The van der Waals surface area contributed by atoms with E-state index in [0.717, 1.165) is 50.5 Å². The normalized spacial score (nSPS) is 16.0. The molecule has 1 aromatic carbocycles. The van der Waals surface area contributed by atoms with Gasteiger partial charge < -0.3 is 10.1 Å². The SMILES string of the molecule is CC(C)(C)OC(=O)NCCCc1cccc(NS(=O)(=O)C2CCCCC2)c1. The second kappa shape index (κ2) is 9.44. The fourth-order valence-electron chi connectivity index (χ4n) is 3.21. The van der Waals surface area contributed by atoms with Crippen LogP contribution in [0, 0.1) is 0 Å². The number of hydrogen-bond acceptors (Lipinski definition) is 4. The van der Waals surface area contributed by atoms with Gasteiger partial charge in [-0.3, -0.25) is 4.72 Å². The van der Waals surface area contributed by atoms with Crippen LogP contribution < -0.4 is 10.0 Å². The summed E-state index contributed by atoms with van der Waals surface area (Å²) in [6, 6.07) is 7.47. The topological polar surface area (TPSA) is 84.5 Å². The quantitative estimate of drug-likeness (QED) is 0.676. The maximum absolute atomic E-state index is 12.5. The van der Waals surface area contributed by atoms with Crippen LogP contribution in [0.25, 0.3) is 0 Å². The number of anilines is 1. The van der Waals surface area contributed by atoms with Crippen molar-refractivity contribution in [3.63, 3.8) is 0 Å². The molecule has 0 radical (unpaired) electrons. The highest BCUT2D eigenvalue weighted by atomic mass is 32.2. The second-order valence-corrected chi connectivity index (χ2v) is 10.1. The minimum atomic E-state index is -3.33. The van der Waals surface area contributed by atoms with Crippen LogP contribution >= 0.6 is 0 Å². The molecule has 0 atom stereocenters. The van der Waals surface area contributed by atoms with Gasteiger partial charge in [0.05, 0.1) is 5.25 Å². The molecule has 0 aromatic heterocycles. The molecule has 0 heterocycles. The number of rotatable bonds is 7. The Morgan fingerprint density at radius 3 is 2.56 bits per heavy atom. The van der Waals surface area contributed by atoms with Crippen molar-refractivity contribution in [2.75, 3.05) is 11.3 Å². The zero-order chi connectivity index (χ0) is 19.9. The van der Waals surface area contributed by atoms with Crippen LogP contribution in [0.4, 0.5) is 10.5 Å². The average molecular weight is 397 g/mol. The van der Waals surface area contributed by atoms with Crippen LogP contribution in [0.3, 0.4) is 0 Å². The number of aryl methyl sites for hydroxylation is 1. The van der Waals surface area contributed by atoms with Gasteiger partial charge in [-0.25, -0.2) is 13.2 Å². The van der Waals surface area contributed by atoms with Gasteiger partial charge in [-0.2, -0.15) is 0 Å². The monoisotopic (exact) mass is 396 g/mol. The molecule has 152 valence electrons. The van der Waals surface area contributed by atoms with Crippen molar-refractivity contribution in [3.05, 3.63) is 29.8 Å². The lowest BCUT2D eigenvalue weighted by Gasteiger charge is -2.22. The van der Waals surface area contributed by atoms with Gasteiger partial charge in [-0.1, -0.05) is 31.4 Å². The summed E-state index contributed by atoms with van der Waals surface area (Å²) in [6.45, 7) is 5.98. The predicted octanol–water partition coefficient (Wildman–Crippen LogP) is 4.22. The number of carbonyl (C=O) groups is 1. The van der Waals surface area contributed by atoms with Crippen molar-refractivity contribution >= 4 is 21.8 Å². The van der Waals surface area contributed by atoms with E-state index in [0.29, 0.717) is 12.2 Å². The third-order valence-electron chi connectivity index (χ3n) is 4.49. The molecule has 2 rings (SSSR count). The zero-order valence-electron chi connectivity index (χ0n) is 16.6. The summed E-state index contributed by atoms with van der Waals surface area (Å²) in [4.78, 5) is 11.6. The van der Waals surface area contributed by atoms with Crippen LogP contribution in [-0.4, -0.2) is 31.9 Å². The number of carbonyl (C=O) groups excluding carboxylic acids is 1. The molecule has 1 saturated carbocycles. The average Bonchev–Trinajstić information content (AvgIpc) is 2.58. The summed E-state index contributed by atoms with van der Waals surface area (Å²) < 4.78 is 33.0. The Hall–Kier alpha value is -1.76. The fraction of sp³-hybridized carbons (Fsp3) is 0.650. The third kappa shape index (κ3) is 7.79. The summed E-state index contributed by atoms with van der Waals surface area (Å²) in [7, 11) is -3.33. The number of hydrogen-bond donors (Lipinski definition) is 2. The molecule has 1 fully saturated rings. The Balaban J connectivity index is 1.82. The lowest BCUT2D eigenvalue weighted by molar-refractivity contribution is 0.0527. The van der Waals surface area contributed by atoms with E-state index in [1.807, 2.05) is 39.0 Å². The molecular weight excluding hydrogens is 364 g/mol. The minimum absolute atomic E-state index is 0.284. The van der Waals surface area contributed by atoms with Gasteiger partial charge in [0.15, 0.2) is 0 Å². The summed E-state index contributed by atoms with van der Waals surface area (Å²) in [6.07, 6.45) is 5.64. The largest absolute Gasteiger partial charge is 0.444 e. The zero-order valence-corrected chi connectivity index (χ0v) is 17.4. The molecule has 0 spiro atoms. The van der Waals surface area contributed by atoms with E-state index in [4.69, 9.17) is 4.74 Å². The fourth-order valence-corrected chi connectivity index (χ4v) is 4.79. The third-order valence-corrected chi connectivity index (χ3v) is 6.36. The highest BCUT2D eigenvalue weighted by molar-refractivity contribution is 7.93. The van der Waals surface area contributed by atoms with Gasteiger partial charge in [0.2, 0.25) is 10.0 Å². The van der Waals surface area contributed by atoms with E-state index in [1.165, 1.54) is 0 Å². The maximum atomic E-state index is 12.5. The number of amides is 1. The van der Waals surface area contributed by atoms with Crippen LogP contribution in [0.15, 0.2) is 24.3 Å². The van der Waals surface area contributed by atoms with Crippen LogP contribution in [0.5, 0.6) is 0 Å². The summed E-state index contributed by atoms with van der Waals surface area (Å²) >= 11 is 0. The van der Waals surface area contributed by atoms with Crippen molar-refractivity contribution in [3.8, 4) is 0 Å². The van der Waals surface area contributed by atoms with Gasteiger partial charge >= 0.3 is 6.09 Å². The Kier molecular flexibility index (Phi) is 7.53. The first-order valence-corrected chi connectivity index (χ1v) is 11.3. The van der Waals surface area contributed by atoms with E-state index in [1.54, 1.807) is 6.07 Å². The van der Waals surface area contributed by atoms with Crippen molar-refractivity contribution < 1.29 is 17.9 Å². The molecule has 6 nitrogen and oxygen atoms in total. The summed E-state index contributed by atoms with van der Waals surface area (Å²) in [5.41, 5.74) is 1.14. The molecule has 1 aliphatic rings. The molecule has 1 amide bonds. The summed E-state index contributed by atoms with van der Waals surface area (Å²) in [5, 5.41) is 2.45. The molecule has 0 saturated heterocycles. The maximum Gasteiger partial charge on any atom is 0.407 e. The van der Waals surface area contributed by atoms with Crippen LogP contribution in [-0.2, 0) is 21.2 Å². The van der Waals surface area contributed by atoms with E-state index in [2.05, 4.69) is 10.0 Å². The molecule has 2 N–H and O–H groups in total.